The second-order valence-corrected chi connectivity index (χ2v) is 10.3. The Morgan fingerprint density at radius 2 is 1.86 bits per heavy atom. The maximum atomic E-state index is 13.2. The largest absolute Gasteiger partial charge is 0.490 e. The van der Waals surface area contributed by atoms with E-state index in [-0.39, 0.29) is 19.1 Å². The number of aliphatic hydroxyl groups excluding tert-OH is 1. The number of hydrogen-bond acceptors (Lipinski definition) is 8. The van der Waals surface area contributed by atoms with Gasteiger partial charge in [-0.3, -0.25) is 4.79 Å². The number of aliphatic hydroxyl groups is 1. The number of amides is 1. The molecule has 186 valence electrons. The van der Waals surface area contributed by atoms with Crippen LogP contribution in [0.5, 0.6) is 5.75 Å². The standard InChI is InChI=1S/C27H23N5O3S2/c33-13-14-35-22-5-2-1-4-20(22)26-28-21(17-37-26)25-30-29-24-16-31(11-12-32(24)25)27(34)19-9-7-18(8-10-19)23-6-3-15-36-23/h1-10,15,17,33H,11-14,16H2. The van der Waals surface area contributed by atoms with Crippen LogP contribution in [0, 0.1) is 0 Å². The third-order valence-corrected chi connectivity index (χ3v) is 7.97. The molecular weight excluding hydrogens is 506 g/mol. The molecule has 0 radical (unpaired) electrons. The van der Waals surface area contributed by atoms with Gasteiger partial charge in [-0.25, -0.2) is 4.98 Å². The van der Waals surface area contributed by atoms with Crippen molar-refractivity contribution in [3.05, 3.63) is 82.8 Å². The molecule has 0 aliphatic carbocycles. The number of rotatable bonds is 7. The minimum Gasteiger partial charge on any atom is -0.490 e. The smallest absolute Gasteiger partial charge is 0.254 e. The summed E-state index contributed by atoms with van der Waals surface area (Å²) in [6, 6.07) is 19.5. The number of thiazole rings is 1. The summed E-state index contributed by atoms with van der Waals surface area (Å²) in [5.41, 5.74) is 3.38. The normalized spacial score (nSPS) is 12.9. The molecule has 5 aromatic rings. The van der Waals surface area contributed by atoms with E-state index >= 15 is 0 Å². The van der Waals surface area contributed by atoms with Crippen molar-refractivity contribution in [2.45, 2.75) is 13.1 Å². The highest BCUT2D eigenvalue weighted by Crippen LogP contribution is 2.35. The van der Waals surface area contributed by atoms with Crippen molar-refractivity contribution in [1.82, 2.24) is 24.6 Å². The zero-order chi connectivity index (χ0) is 25.2. The molecule has 8 nitrogen and oxygen atoms in total. The highest BCUT2D eigenvalue weighted by atomic mass is 32.1. The lowest BCUT2D eigenvalue weighted by Gasteiger charge is -2.27. The molecule has 1 aliphatic rings. The van der Waals surface area contributed by atoms with Crippen LogP contribution < -0.4 is 4.74 Å². The number of hydrogen-bond donors (Lipinski definition) is 1. The van der Waals surface area contributed by atoms with Crippen LogP contribution in [0.1, 0.15) is 16.2 Å². The summed E-state index contributed by atoms with van der Waals surface area (Å²) in [7, 11) is 0. The van der Waals surface area contributed by atoms with Crippen LogP contribution in [0.4, 0.5) is 0 Å². The summed E-state index contributed by atoms with van der Waals surface area (Å²) in [5.74, 6) is 2.10. The molecule has 0 fully saturated rings. The molecular formula is C27H23N5O3S2. The molecule has 0 bridgehead atoms. The molecule has 6 rings (SSSR count). The fraction of sp³-hybridized carbons (Fsp3) is 0.185. The Labute approximate surface area is 221 Å². The minimum atomic E-state index is -0.0523. The Kier molecular flexibility index (Phi) is 6.52. The van der Waals surface area contributed by atoms with Crippen molar-refractivity contribution < 1.29 is 14.6 Å². The molecule has 0 saturated carbocycles. The number of para-hydroxylation sites is 1. The maximum Gasteiger partial charge on any atom is 0.254 e. The molecule has 3 aromatic heterocycles. The van der Waals surface area contributed by atoms with Gasteiger partial charge in [-0.15, -0.1) is 32.9 Å². The number of benzene rings is 2. The first-order valence-corrected chi connectivity index (χ1v) is 13.6. The predicted octanol–water partition coefficient (Wildman–Crippen LogP) is 4.82. The molecule has 0 unspecified atom stereocenters. The Hall–Kier alpha value is -3.86. The maximum absolute atomic E-state index is 13.2. The molecule has 0 atom stereocenters. The van der Waals surface area contributed by atoms with Crippen molar-refractivity contribution in [3.8, 4) is 38.3 Å². The molecule has 10 heteroatoms. The van der Waals surface area contributed by atoms with E-state index in [1.807, 2.05) is 74.8 Å². The number of aromatic nitrogens is 4. The molecule has 2 aromatic carbocycles. The van der Waals surface area contributed by atoms with E-state index in [1.54, 1.807) is 11.3 Å². The van der Waals surface area contributed by atoms with Gasteiger partial charge >= 0.3 is 0 Å². The summed E-state index contributed by atoms with van der Waals surface area (Å²) < 4.78 is 7.71. The summed E-state index contributed by atoms with van der Waals surface area (Å²) in [5, 5.41) is 22.7. The van der Waals surface area contributed by atoms with Crippen molar-refractivity contribution in [1.29, 1.82) is 0 Å². The number of nitrogens with zero attached hydrogens (tertiary/aromatic N) is 5. The first-order valence-electron chi connectivity index (χ1n) is 11.9. The molecule has 1 N–H and O–H groups in total. The molecule has 1 amide bonds. The first-order chi connectivity index (χ1) is 18.2. The van der Waals surface area contributed by atoms with Crippen LogP contribution in [0.25, 0.3) is 32.5 Å². The van der Waals surface area contributed by atoms with E-state index in [0.29, 0.717) is 36.8 Å². The predicted molar refractivity (Wildman–Crippen MR) is 144 cm³/mol. The number of carbonyl (C=O) groups excluding carboxylic acids is 1. The van der Waals surface area contributed by atoms with Gasteiger partial charge in [0.2, 0.25) is 0 Å². The van der Waals surface area contributed by atoms with Crippen molar-refractivity contribution >= 4 is 28.6 Å². The van der Waals surface area contributed by atoms with Gasteiger partial charge in [0.25, 0.3) is 5.91 Å². The summed E-state index contributed by atoms with van der Waals surface area (Å²) >= 11 is 3.19. The first kappa shape index (κ1) is 23.5. The average molecular weight is 530 g/mol. The fourth-order valence-electron chi connectivity index (χ4n) is 4.35. The van der Waals surface area contributed by atoms with Crippen molar-refractivity contribution in [2.75, 3.05) is 19.8 Å². The SMILES string of the molecule is O=C(c1ccc(-c2cccs2)cc1)N1CCn2c(nnc2-c2csc(-c3ccccc3OCCO)n2)C1. The van der Waals surface area contributed by atoms with Crippen LogP contribution in [0.3, 0.4) is 0 Å². The minimum absolute atomic E-state index is 0.0102. The topological polar surface area (TPSA) is 93.4 Å². The van der Waals surface area contributed by atoms with Gasteiger partial charge in [0.1, 0.15) is 23.1 Å². The van der Waals surface area contributed by atoms with E-state index in [0.717, 1.165) is 27.7 Å². The number of carbonyl (C=O) groups is 1. The third kappa shape index (κ3) is 4.66. The van der Waals surface area contributed by atoms with E-state index < -0.39 is 0 Å². The van der Waals surface area contributed by atoms with Gasteiger partial charge in [-0.2, -0.15) is 0 Å². The van der Waals surface area contributed by atoms with Crippen LogP contribution in [0.15, 0.2) is 71.4 Å². The Bertz CT molecular complexity index is 1530. The van der Waals surface area contributed by atoms with Gasteiger partial charge in [0.05, 0.1) is 18.7 Å². The summed E-state index contributed by atoms with van der Waals surface area (Å²) in [6.45, 7) is 1.73. The molecule has 1 aliphatic heterocycles. The zero-order valence-corrected chi connectivity index (χ0v) is 21.4. The van der Waals surface area contributed by atoms with Gasteiger partial charge < -0.3 is 19.3 Å². The zero-order valence-electron chi connectivity index (χ0n) is 19.8. The molecule has 37 heavy (non-hydrogen) atoms. The third-order valence-electron chi connectivity index (χ3n) is 6.18. The highest BCUT2D eigenvalue weighted by molar-refractivity contribution is 7.13. The molecule has 0 spiro atoms. The number of fused-ring (bicyclic) bond motifs is 1. The Morgan fingerprint density at radius 1 is 1.00 bits per heavy atom. The van der Waals surface area contributed by atoms with E-state index in [2.05, 4.69) is 16.3 Å². The lowest BCUT2D eigenvalue weighted by Crippen LogP contribution is -2.38. The van der Waals surface area contributed by atoms with Crippen molar-refractivity contribution in [2.24, 2.45) is 0 Å². The van der Waals surface area contributed by atoms with Crippen LogP contribution in [-0.4, -0.2) is 55.4 Å². The van der Waals surface area contributed by atoms with Gasteiger partial charge in [-0.05, 0) is 41.3 Å². The Morgan fingerprint density at radius 3 is 2.68 bits per heavy atom. The average Bonchev–Trinajstić information content (AvgIpc) is 3.72. The number of thiophene rings is 1. The van der Waals surface area contributed by atoms with Crippen LogP contribution in [0.2, 0.25) is 0 Å². The fourth-order valence-corrected chi connectivity index (χ4v) is 5.91. The Balaban J connectivity index is 1.19. The number of ether oxygens (including phenoxy) is 1. The molecule has 0 saturated heterocycles. The second kappa shape index (κ2) is 10.3. The van der Waals surface area contributed by atoms with Crippen LogP contribution in [-0.2, 0) is 13.1 Å². The second-order valence-electron chi connectivity index (χ2n) is 8.48. The monoisotopic (exact) mass is 529 g/mol. The van der Waals surface area contributed by atoms with E-state index in [9.17, 15) is 4.79 Å². The van der Waals surface area contributed by atoms with E-state index in [1.165, 1.54) is 16.2 Å². The van der Waals surface area contributed by atoms with Crippen LogP contribution >= 0.6 is 22.7 Å². The van der Waals surface area contributed by atoms with Gasteiger partial charge in [-0.1, -0.05) is 30.3 Å². The lowest BCUT2D eigenvalue weighted by atomic mass is 10.1. The van der Waals surface area contributed by atoms with E-state index in [4.69, 9.17) is 14.8 Å². The highest BCUT2D eigenvalue weighted by Gasteiger charge is 2.27. The summed E-state index contributed by atoms with van der Waals surface area (Å²) in [6.07, 6.45) is 0. The van der Waals surface area contributed by atoms with Gasteiger partial charge in [0, 0.05) is 28.9 Å². The lowest BCUT2D eigenvalue weighted by molar-refractivity contribution is 0.0708. The quantitative estimate of drug-likeness (QED) is 0.325. The molecule has 4 heterocycles. The van der Waals surface area contributed by atoms with Crippen molar-refractivity contribution in [3.63, 3.8) is 0 Å². The van der Waals surface area contributed by atoms with Gasteiger partial charge in [0.15, 0.2) is 11.6 Å². The summed E-state index contributed by atoms with van der Waals surface area (Å²) in [4.78, 5) is 21.0.